The zero-order valence-corrected chi connectivity index (χ0v) is 11.9. The normalized spacial score (nSPS) is 18.1. The van der Waals surface area contributed by atoms with Crippen molar-refractivity contribution in [2.24, 2.45) is 0 Å². The van der Waals surface area contributed by atoms with Crippen molar-refractivity contribution in [2.75, 3.05) is 13.2 Å². The predicted octanol–water partition coefficient (Wildman–Crippen LogP) is 2.21. The average Bonchev–Trinajstić information content (AvgIpc) is 2.90. The van der Waals surface area contributed by atoms with Crippen molar-refractivity contribution in [3.05, 3.63) is 28.8 Å². The van der Waals surface area contributed by atoms with Gasteiger partial charge >= 0.3 is 5.97 Å². The van der Waals surface area contributed by atoms with E-state index in [1.807, 2.05) is 0 Å². The highest BCUT2D eigenvalue weighted by Crippen LogP contribution is 2.26. The van der Waals surface area contributed by atoms with Gasteiger partial charge in [-0.1, -0.05) is 11.6 Å². The first-order chi connectivity index (χ1) is 9.54. The minimum atomic E-state index is -0.532. The maximum atomic E-state index is 12.4. The molecule has 0 aliphatic carbocycles. The number of rotatable bonds is 3. The van der Waals surface area contributed by atoms with Crippen LogP contribution >= 0.6 is 11.6 Å². The van der Waals surface area contributed by atoms with Gasteiger partial charge in [0.15, 0.2) is 0 Å². The lowest BCUT2D eigenvalue weighted by Crippen LogP contribution is -2.41. The van der Waals surface area contributed by atoms with Crippen LogP contribution in [0.5, 0.6) is 5.75 Å². The molecule has 0 bridgehead atoms. The van der Waals surface area contributed by atoms with Crippen LogP contribution in [0.1, 0.15) is 30.1 Å². The Balaban J connectivity index is 2.18. The summed E-state index contributed by atoms with van der Waals surface area (Å²) in [6.07, 6.45) is 1.37. The van der Waals surface area contributed by atoms with Crippen LogP contribution < -0.4 is 0 Å². The van der Waals surface area contributed by atoms with Crippen molar-refractivity contribution >= 4 is 23.5 Å². The number of benzene rings is 1. The van der Waals surface area contributed by atoms with E-state index >= 15 is 0 Å². The first-order valence-corrected chi connectivity index (χ1v) is 6.88. The van der Waals surface area contributed by atoms with Crippen molar-refractivity contribution in [1.29, 1.82) is 0 Å². The summed E-state index contributed by atoms with van der Waals surface area (Å²) in [4.78, 5) is 25.7. The first kappa shape index (κ1) is 14.7. The topological polar surface area (TPSA) is 66.8 Å². The molecule has 1 aliphatic heterocycles. The van der Waals surface area contributed by atoms with Gasteiger partial charge in [-0.15, -0.1) is 0 Å². The number of halogens is 1. The summed E-state index contributed by atoms with van der Waals surface area (Å²) in [5.41, 5.74) is 0.351. The molecule has 0 radical (unpaired) electrons. The maximum Gasteiger partial charge on any atom is 0.328 e. The van der Waals surface area contributed by atoms with Gasteiger partial charge in [-0.05, 0) is 38.0 Å². The summed E-state index contributed by atoms with van der Waals surface area (Å²) in [6.45, 7) is 2.54. The first-order valence-electron chi connectivity index (χ1n) is 6.50. The van der Waals surface area contributed by atoms with Crippen LogP contribution in [-0.2, 0) is 9.53 Å². The number of carbonyl (C=O) groups is 2. The lowest BCUT2D eigenvalue weighted by molar-refractivity contribution is -0.147. The fraction of sp³-hybridized carbons (Fsp3) is 0.429. The van der Waals surface area contributed by atoms with E-state index in [-0.39, 0.29) is 22.6 Å². The van der Waals surface area contributed by atoms with Crippen LogP contribution in [0.3, 0.4) is 0 Å². The summed E-state index contributed by atoms with van der Waals surface area (Å²) in [6, 6.07) is 3.73. The number of likely N-dealkylation sites (tertiary alicyclic amines) is 1. The van der Waals surface area contributed by atoms with Crippen LogP contribution in [0.2, 0.25) is 5.02 Å². The summed E-state index contributed by atoms with van der Waals surface area (Å²) >= 11 is 5.80. The van der Waals surface area contributed by atoms with Gasteiger partial charge in [0, 0.05) is 12.1 Å². The Labute approximate surface area is 122 Å². The van der Waals surface area contributed by atoms with E-state index in [0.717, 1.165) is 6.42 Å². The SMILES string of the molecule is CCOC(=O)C1CCCN1C(=O)c1ccc(O)c(Cl)c1. The molecule has 1 heterocycles. The number of phenols is 1. The molecular weight excluding hydrogens is 282 g/mol. The maximum absolute atomic E-state index is 12.4. The van der Waals surface area contributed by atoms with Crippen molar-refractivity contribution in [2.45, 2.75) is 25.8 Å². The van der Waals surface area contributed by atoms with E-state index in [4.69, 9.17) is 16.3 Å². The highest BCUT2D eigenvalue weighted by Gasteiger charge is 2.35. The van der Waals surface area contributed by atoms with Crippen LogP contribution in [0.4, 0.5) is 0 Å². The monoisotopic (exact) mass is 297 g/mol. The van der Waals surface area contributed by atoms with Gasteiger partial charge in [-0.25, -0.2) is 4.79 Å². The molecule has 5 nitrogen and oxygen atoms in total. The summed E-state index contributed by atoms with van der Waals surface area (Å²) in [7, 11) is 0. The molecular formula is C14H16ClNO4. The van der Waals surface area contributed by atoms with Gasteiger partial charge in [0.05, 0.1) is 11.6 Å². The molecule has 20 heavy (non-hydrogen) atoms. The third-order valence-electron chi connectivity index (χ3n) is 3.27. The Bertz CT molecular complexity index is 532. The Morgan fingerprint density at radius 2 is 2.25 bits per heavy atom. The molecule has 0 spiro atoms. The van der Waals surface area contributed by atoms with E-state index < -0.39 is 6.04 Å². The summed E-state index contributed by atoms with van der Waals surface area (Å²) in [5, 5.41) is 9.48. The van der Waals surface area contributed by atoms with E-state index in [0.29, 0.717) is 25.1 Å². The molecule has 0 saturated carbocycles. The fourth-order valence-corrected chi connectivity index (χ4v) is 2.48. The van der Waals surface area contributed by atoms with Gasteiger partial charge in [-0.2, -0.15) is 0 Å². The Morgan fingerprint density at radius 1 is 1.50 bits per heavy atom. The molecule has 1 atom stereocenters. The molecule has 6 heteroatoms. The van der Waals surface area contributed by atoms with Gasteiger partial charge in [-0.3, -0.25) is 4.79 Å². The van der Waals surface area contributed by atoms with Gasteiger partial charge < -0.3 is 14.7 Å². The Morgan fingerprint density at radius 3 is 2.90 bits per heavy atom. The van der Waals surface area contributed by atoms with E-state index in [1.54, 1.807) is 6.92 Å². The van der Waals surface area contributed by atoms with E-state index in [2.05, 4.69) is 0 Å². The molecule has 1 N–H and O–H groups in total. The predicted molar refractivity (Wildman–Crippen MR) is 73.8 cm³/mol. The van der Waals surface area contributed by atoms with E-state index in [1.165, 1.54) is 23.1 Å². The Kier molecular flexibility index (Phi) is 4.49. The van der Waals surface area contributed by atoms with Crippen molar-refractivity contribution in [3.8, 4) is 5.75 Å². The molecule has 2 rings (SSSR count). The molecule has 1 aromatic carbocycles. The molecule has 1 amide bonds. The number of ether oxygens (including phenoxy) is 1. The smallest absolute Gasteiger partial charge is 0.328 e. The largest absolute Gasteiger partial charge is 0.506 e. The number of carbonyl (C=O) groups excluding carboxylic acids is 2. The number of aromatic hydroxyl groups is 1. The highest BCUT2D eigenvalue weighted by molar-refractivity contribution is 6.32. The minimum Gasteiger partial charge on any atom is -0.506 e. The third kappa shape index (κ3) is 2.88. The number of hydrogen-bond acceptors (Lipinski definition) is 4. The van der Waals surface area contributed by atoms with Gasteiger partial charge in [0.25, 0.3) is 5.91 Å². The summed E-state index contributed by atoms with van der Waals surface area (Å²) < 4.78 is 4.99. The van der Waals surface area contributed by atoms with Crippen molar-refractivity contribution < 1.29 is 19.4 Å². The molecule has 1 saturated heterocycles. The fourth-order valence-electron chi connectivity index (χ4n) is 2.30. The molecule has 108 valence electrons. The number of nitrogens with zero attached hydrogens (tertiary/aromatic N) is 1. The van der Waals surface area contributed by atoms with Gasteiger partial charge in [0.1, 0.15) is 11.8 Å². The van der Waals surface area contributed by atoms with Crippen LogP contribution in [0.15, 0.2) is 18.2 Å². The third-order valence-corrected chi connectivity index (χ3v) is 3.57. The molecule has 1 unspecified atom stereocenters. The molecule has 0 aromatic heterocycles. The van der Waals surface area contributed by atoms with E-state index in [9.17, 15) is 14.7 Å². The number of hydrogen-bond donors (Lipinski definition) is 1. The van der Waals surface area contributed by atoms with Crippen molar-refractivity contribution in [3.63, 3.8) is 0 Å². The zero-order chi connectivity index (χ0) is 14.7. The second-order valence-corrected chi connectivity index (χ2v) is 4.98. The van der Waals surface area contributed by atoms with Crippen LogP contribution in [0, 0.1) is 0 Å². The quantitative estimate of drug-likeness (QED) is 0.869. The second kappa shape index (κ2) is 6.13. The zero-order valence-electron chi connectivity index (χ0n) is 11.1. The van der Waals surface area contributed by atoms with Gasteiger partial charge in [0.2, 0.25) is 0 Å². The number of phenolic OH excluding ortho intramolecular Hbond substituents is 1. The van der Waals surface area contributed by atoms with Crippen LogP contribution in [0.25, 0.3) is 0 Å². The van der Waals surface area contributed by atoms with Crippen LogP contribution in [-0.4, -0.2) is 41.1 Å². The Hall–Kier alpha value is -1.75. The molecule has 1 fully saturated rings. The van der Waals surface area contributed by atoms with Crippen molar-refractivity contribution in [1.82, 2.24) is 4.90 Å². The standard InChI is InChI=1S/C14H16ClNO4/c1-2-20-14(19)11-4-3-7-16(11)13(18)9-5-6-12(17)10(15)8-9/h5-6,8,11,17H,2-4,7H2,1H3. The lowest BCUT2D eigenvalue weighted by Gasteiger charge is -2.23. The minimum absolute atomic E-state index is 0.0772. The average molecular weight is 298 g/mol. The summed E-state index contributed by atoms with van der Waals surface area (Å²) in [5.74, 6) is -0.725. The second-order valence-electron chi connectivity index (χ2n) is 4.57. The number of esters is 1. The highest BCUT2D eigenvalue weighted by atomic mass is 35.5. The lowest BCUT2D eigenvalue weighted by atomic mass is 10.1. The molecule has 1 aliphatic rings. The number of amides is 1. The molecule has 1 aromatic rings.